The van der Waals surface area contributed by atoms with Crippen LogP contribution in [-0.4, -0.2) is 41.6 Å². The number of anilines is 2. The lowest BCUT2D eigenvalue weighted by molar-refractivity contribution is -0.132. The van der Waals surface area contributed by atoms with Gasteiger partial charge in [0.05, 0.1) is 0 Å². The molecule has 0 unspecified atom stereocenters. The monoisotopic (exact) mass is 543 g/mol. The highest BCUT2D eigenvalue weighted by Gasteiger charge is 2.39. The molecule has 2 aliphatic rings. The van der Waals surface area contributed by atoms with Crippen molar-refractivity contribution in [3.8, 4) is 17.2 Å². The van der Waals surface area contributed by atoms with Crippen molar-refractivity contribution in [2.45, 2.75) is 57.2 Å². The van der Waals surface area contributed by atoms with Gasteiger partial charge in [-0.25, -0.2) is 0 Å². The molecule has 1 heterocycles. The highest BCUT2D eigenvalue weighted by atomic mass is 16.6. The van der Waals surface area contributed by atoms with Crippen molar-refractivity contribution < 1.29 is 29.0 Å². The van der Waals surface area contributed by atoms with Gasteiger partial charge in [-0.3, -0.25) is 19.3 Å². The number of aromatic hydroxyl groups is 1. The summed E-state index contributed by atoms with van der Waals surface area (Å²) < 4.78 is 11.9. The van der Waals surface area contributed by atoms with E-state index < -0.39 is 18.1 Å². The van der Waals surface area contributed by atoms with Crippen molar-refractivity contribution in [2.24, 2.45) is 0 Å². The number of ether oxygens (including phenoxy) is 2. The molecule has 9 nitrogen and oxygen atoms in total. The standard InChI is InChI=1S/C31H33N3O6/c1-20(35)32-23-13-15-24(16-14-23)34(31(38)28-19-39-26-9-5-6-10-27(26)40-28)29(21-11-17-25(36)18-12-21)30(37)33-22-7-3-2-4-8-22/h5-6,9-18,22,28-29,36H,2-4,7-8,19H2,1H3,(H,32,35)(H,33,37)/t28-,29-/m1/s1. The van der Waals surface area contributed by atoms with Crippen LogP contribution < -0.4 is 25.0 Å². The predicted molar refractivity (Wildman–Crippen MR) is 150 cm³/mol. The minimum Gasteiger partial charge on any atom is -0.508 e. The summed E-state index contributed by atoms with van der Waals surface area (Å²) >= 11 is 0. The summed E-state index contributed by atoms with van der Waals surface area (Å²) in [6, 6.07) is 19.1. The van der Waals surface area contributed by atoms with E-state index in [0.29, 0.717) is 28.4 Å². The Bertz CT molecular complexity index is 1350. The Balaban J connectivity index is 1.54. The van der Waals surface area contributed by atoms with Gasteiger partial charge in [0.1, 0.15) is 18.4 Å². The van der Waals surface area contributed by atoms with E-state index in [-0.39, 0.29) is 30.2 Å². The van der Waals surface area contributed by atoms with Crippen LogP contribution in [0.4, 0.5) is 11.4 Å². The second-order valence-corrected chi connectivity index (χ2v) is 10.1. The summed E-state index contributed by atoms with van der Waals surface area (Å²) in [6.07, 6.45) is 3.96. The Kier molecular flexibility index (Phi) is 8.19. The molecule has 5 rings (SSSR count). The number of amides is 3. The quantitative estimate of drug-likeness (QED) is 0.397. The molecule has 0 aromatic heterocycles. The van der Waals surface area contributed by atoms with Gasteiger partial charge in [0, 0.05) is 24.3 Å². The van der Waals surface area contributed by atoms with Gasteiger partial charge < -0.3 is 25.2 Å². The molecule has 1 saturated carbocycles. The molecule has 1 aliphatic carbocycles. The van der Waals surface area contributed by atoms with E-state index in [2.05, 4.69) is 10.6 Å². The zero-order valence-electron chi connectivity index (χ0n) is 22.3. The minimum absolute atomic E-state index is 0.0149. The fraction of sp³-hybridized carbons (Fsp3) is 0.323. The lowest BCUT2D eigenvalue weighted by atomic mass is 9.94. The Morgan fingerprint density at radius 3 is 2.25 bits per heavy atom. The first-order valence-electron chi connectivity index (χ1n) is 13.6. The van der Waals surface area contributed by atoms with Crippen LogP contribution in [0.15, 0.2) is 72.8 Å². The first-order chi connectivity index (χ1) is 19.4. The number of phenols is 1. The average molecular weight is 544 g/mol. The van der Waals surface area contributed by atoms with Gasteiger partial charge in [-0.05, 0) is 66.9 Å². The van der Waals surface area contributed by atoms with Crippen molar-refractivity contribution in [1.82, 2.24) is 5.32 Å². The molecule has 9 heteroatoms. The number of para-hydroxylation sites is 2. The number of carbonyl (C=O) groups is 3. The lowest BCUT2D eigenvalue weighted by Gasteiger charge is -2.36. The molecule has 0 radical (unpaired) electrons. The summed E-state index contributed by atoms with van der Waals surface area (Å²) in [7, 11) is 0. The third kappa shape index (κ3) is 6.20. The Morgan fingerprint density at radius 1 is 0.900 bits per heavy atom. The van der Waals surface area contributed by atoms with Crippen LogP contribution in [0.3, 0.4) is 0 Å². The average Bonchev–Trinajstić information content (AvgIpc) is 2.96. The van der Waals surface area contributed by atoms with E-state index >= 15 is 0 Å². The van der Waals surface area contributed by atoms with Gasteiger partial charge in [-0.15, -0.1) is 0 Å². The van der Waals surface area contributed by atoms with Crippen molar-refractivity contribution in [3.63, 3.8) is 0 Å². The topological polar surface area (TPSA) is 117 Å². The Hall–Kier alpha value is -4.53. The highest BCUT2D eigenvalue weighted by Crippen LogP contribution is 2.35. The second-order valence-electron chi connectivity index (χ2n) is 10.1. The number of fused-ring (bicyclic) bond motifs is 1. The zero-order chi connectivity index (χ0) is 28.1. The van der Waals surface area contributed by atoms with Gasteiger partial charge >= 0.3 is 0 Å². The molecule has 3 amide bonds. The summed E-state index contributed by atoms with van der Waals surface area (Å²) in [4.78, 5) is 41.3. The van der Waals surface area contributed by atoms with Crippen LogP contribution in [0.1, 0.15) is 50.6 Å². The number of carbonyl (C=O) groups excluding carboxylic acids is 3. The second kappa shape index (κ2) is 12.1. The third-order valence-corrected chi connectivity index (χ3v) is 7.15. The van der Waals surface area contributed by atoms with Gasteiger partial charge in [-0.1, -0.05) is 43.5 Å². The number of phenolic OH excluding ortho intramolecular Hbond substituents is 1. The molecule has 0 spiro atoms. The van der Waals surface area contributed by atoms with Crippen LogP contribution in [-0.2, 0) is 14.4 Å². The zero-order valence-corrected chi connectivity index (χ0v) is 22.3. The Labute approximate surface area is 233 Å². The molecule has 0 saturated heterocycles. The molecule has 3 N–H and O–H groups in total. The summed E-state index contributed by atoms with van der Waals surface area (Å²) in [5, 5.41) is 15.8. The lowest BCUT2D eigenvalue weighted by Crippen LogP contribution is -2.52. The first-order valence-corrected chi connectivity index (χ1v) is 13.6. The van der Waals surface area contributed by atoms with Gasteiger partial charge in [0.25, 0.3) is 5.91 Å². The van der Waals surface area contributed by atoms with Gasteiger partial charge in [-0.2, -0.15) is 0 Å². The molecule has 40 heavy (non-hydrogen) atoms. The number of benzene rings is 3. The van der Waals surface area contributed by atoms with Crippen LogP contribution in [0.2, 0.25) is 0 Å². The van der Waals surface area contributed by atoms with E-state index in [0.717, 1.165) is 32.1 Å². The van der Waals surface area contributed by atoms with Gasteiger partial charge in [0.2, 0.25) is 17.9 Å². The fourth-order valence-electron chi connectivity index (χ4n) is 5.21. The van der Waals surface area contributed by atoms with Crippen LogP contribution >= 0.6 is 0 Å². The molecule has 3 aromatic carbocycles. The number of nitrogens with one attached hydrogen (secondary N) is 2. The maximum atomic E-state index is 14.3. The number of nitrogens with zero attached hydrogens (tertiary/aromatic N) is 1. The maximum Gasteiger partial charge on any atom is 0.272 e. The SMILES string of the molecule is CC(=O)Nc1ccc(N(C(=O)[C@H]2COc3ccccc3O2)[C@@H](C(=O)NC2CCCCC2)c2ccc(O)cc2)cc1. The normalized spacial score (nSPS) is 17.4. The largest absolute Gasteiger partial charge is 0.508 e. The maximum absolute atomic E-state index is 14.3. The van der Waals surface area contributed by atoms with E-state index in [1.165, 1.54) is 24.0 Å². The van der Waals surface area contributed by atoms with Crippen LogP contribution in [0.25, 0.3) is 0 Å². The molecule has 1 aliphatic heterocycles. The van der Waals surface area contributed by atoms with Crippen LogP contribution in [0, 0.1) is 0 Å². The molecular weight excluding hydrogens is 510 g/mol. The van der Waals surface area contributed by atoms with Crippen molar-refractivity contribution >= 4 is 29.1 Å². The molecule has 208 valence electrons. The molecular formula is C31H33N3O6. The molecule has 0 bridgehead atoms. The summed E-state index contributed by atoms with van der Waals surface area (Å²) in [5.74, 6) is 0.0331. The third-order valence-electron chi connectivity index (χ3n) is 7.15. The van der Waals surface area contributed by atoms with Crippen molar-refractivity contribution in [1.29, 1.82) is 0 Å². The molecule has 1 fully saturated rings. The number of hydrogen-bond donors (Lipinski definition) is 3. The van der Waals surface area contributed by atoms with Crippen LogP contribution in [0.5, 0.6) is 17.2 Å². The van der Waals surface area contributed by atoms with Gasteiger partial charge in [0.15, 0.2) is 11.5 Å². The van der Waals surface area contributed by atoms with E-state index in [9.17, 15) is 19.5 Å². The molecule has 2 atom stereocenters. The first kappa shape index (κ1) is 27.1. The van der Waals surface area contributed by atoms with Crippen molar-refractivity contribution in [2.75, 3.05) is 16.8 Å². The Morgan fingerprint density at radius 2 is 1.57 bits per heavy atom. The van der Waals surface area contributed by atoms with E-state index in [4.69, 9.17) is 9.47 Å². The fourth-order valence-corrected chi connectivity index (χ4v) is 5.21. The summed E-state index contributed by atoms with van der Waals surface area (Å²) in [6.45, 7) is 1.39. The highest BCUT2D eigenvalue weighted by molar-refractivity contribution is 6.04. The van der Waals surface area contributed by atoms with E-state index in [1.54, 1.807) is 54.6 Å². The van der Waals surface area contributed by atoms with Crippen molar-refractivity contribution in [3.05, 3.63) is 78.4 Å². The summed E-state index contributed by atoms with van der Waals surface area (Å²) in [5.41, 5.74) is 1.53. The minimum atomic E-state index is -1.05. The van der Waals surface area contributed by atoms with E-state index in [1.807, 2.05) is 6.07 Å². The number of hydrogen-bond acceptors (Lipinski definition) is 6. The smallest absolute Gasteiger partial charge is 0.272 e. The molecule has 3 aromatic rings. The predicted octanol–water partition coefficient (Wildman–Crippen LogP) is 4.71. The number of rotatable bonds is 7.